The first-order valence-electron chi connectivity index (χ1n) is 2.86. The topological polar surface area (TPSA) is 0 Å². The van der Waals surface area contributed by atoms with Crippen molar-refractivity contribution in [3.05, 3.63) is 0 Å². The van der Waals surface area contributed by atoms with Crippen LogP contribution in [0.4, 0.5) is 0 Å². The zero-order valence-electron chi connectivity index (χ0n) is 17.9. The van der Waals surface area contributed by atoms with E-state index in [1.165, 1.54) is 0 Å². The van der Waals surface area contributed by atoms with Gasteiger partial charge in [-0.3, -0.25) is 0 Å². The number of hydrogen-bond donors (Lipinski definition) is 2. The molecule has 2 atom stereocenters. The van der Waals surface area contributed by atoms with Gasteiger partial charge in [-0.1, -0.05) is 43.2 Å². The molecule has 0 aliphatic rings. The molecule has 0 aliphatic heterocycles. The second-order valence-corrected chi connectivity index (χ2v) is 6.00. The van der Waals surface area contributed by atoms with Crippen LogP contribution in [-0.2, 0) is 0 Å². The van der Waals surface area contributed by atoms with E-state index in [0.29, 0.717) is 0 Å². The molecule has 18 heavy (non-hydrogen) atoms. The van der Waals surface area contributed by atoms with E-state index >= 15 is 0 Å². The molecule has 0 fully saturated rings. The standard InChI is InChI=1S/2C2H6S2.2CH4S.4K.2H3P.4H/c2*1-3-4-2;2*1-2;;;;;;;;;;/h2*1-2H3;2*2H,1H3;;;;;2*1H3;;;;/q;;;;4*+1;;;4*-1. The van der Waals surface area contributed by atoms with E-state index in [1.807, 2.05) is 0 Å². The molecule has 0 N–H and O–H groups in total. The molecule has 0 saturated carbocycles. The van der Waals surface area contributed by atoms with Crippen LogP contribution >= 0.6 is 88.2 Å². The fourth-order valence-corrected chi connectivity index (χ4v) is 0. The van der Waals surface area contributed by atoms with Crippen LogP contribution in [0.5, 0.6) is 0 Å². The monoisotopic (exact) mass is 512 g/mol. The summed E-state index contributed by atoms with van der Waals surface area (Å²) in [6, 6.07) is 0. The maximum absolute atomic E-state index is 3.53. The van der Waals surface area contributed by atoms with Gasteiger partial charge in [0, 0.05) is 0 Å². The average molecular weight is 513 g/mol. The Hall–Kier alpha value is 9.51. The third-order valence-electron chi connectivity index (χ3n) is 0.333. The van der Waals surface area contributed by atoms with Crippen LogP contribution in [0.15, 0.2) is 0 Å². The first-order valence-corrected chi connectivity index (χ1v) is 10.6. The third kappa shape index (κ3) is 116. The van der Waals surface area contributed by atoms with E-state index in [0.717, 1.165) is 0 Å². The zero-order valence-corrected chi connectivity index (χ0v) is 34.3. The third-order valence-corrected chi connectivity index (χ3v) is 3.00. The van der Waals surface area contributed by atoms with Gasteiger partial charge in [0.15, 0.2) is 0 Å². The smallest absolute Gasteiger partial charge is 1.00 e. The Morgan fingerprint density at radius 1 is 0.500 bits per heavy atom. The van der Waals surface area contributed by atoms with E-state index in [-0.39, 0.29) is 231 Å². The van der Waals surface area contributed by atoms with Gasteiger partial charge >= 0.3 is 206 Å². The summed E-state index contributed by atoms with van der Waals surface area (Å²) >= 11 is 7.06. The fraction of sp³-hybridized carbons (Fsp3) is 1.00. The molecule has 0 nitrogen and oxygen atoms in total. The maximum Gasteiger partial charge on any atom is 1.00 e. The van der Waals surface area contributed by atoms with Crippen molar-refractivity contribution in [3.8, 4) is 0 Å². The van der Waals surface area contributed by atoms with E-state index in [1.54, 1.807) is 55.7 Å². The van der Waals surface area contributed by atoms with Crippen molar-refractivity contribution in [2.75, 3.05) is 37.5 Å². The van der Waals surface area contributed by atoms with Crippen LogP contribution < -0.4 is 206 Å². The molecular weight excluding hydrogens is 483 g/mol. The summed E-state index contributed by atoms with van der Waals surface area (Å²) in [5.74, 6) is 0. The molecule has 0 aromatic carbocycles. The van der Waals surface area contributed by atoms with Gasteiger partial charge in [0.2, 0.25) is 0 Å². The minimum atomic E-state index is 0. The Balaban J connectivity index is -0.00000000289. The second-order valence-electron chi connectivity index (χ2n) is 0.667. The largest absolute Gasteiger partial charge is 1.00 e. The van der Waals surface area contributed by atoms with Gasteiger partial charge in [-0.15, -0.1) is 0 Å². The van der Waals surface area contributed by atoms with Crippen molar-refractivity contribution in [2.24, 2.45) is 0 Å². The zero-order chi connectivity index (χ0) is 10.8. The first-order chi connectivity index (χ1) is 5.83. The predicted octanol–water partition coefficient (Wildman–Crippen LogP) is -7.07. The molecule has 104 valence electrons. The minimum absolute atomic E-state index is 0. The van der Waals surface area contributed by atoms with Gasteiger partial charge < -0.3 is 5.71 Å². The molecule has 0 rings (SSSR count). The second kappa shape index (κ2) is 94.5. The van der Waals surface area contributed by atoms with Crippen molar-refractivity contribution >= 4 is 88.2 Å². The van der Waals surface area contributed by atoms with Gasteiger partial charge in [0.05, 0.1) is 0 Å². The van der Waals surface area contributed by atoms with Gasteiger partial charge in [-0.25, -0.2) is 0 Å². The summed E-state index contributed by atoms with van der Waals surface area (Å²) in [6.07, 6.45) is 11.6. The molecular formula is C6H30K4P2S6. The molecule has 0 radical (unpaired) electrons. The van der Waals surface area contributed by atoms with Gasteiger partial charge in [-0.05, 0) is 37.5 Å². The van der Waals surface area contributed by atoms with Crippen molar-refractivity contribution in [1.82, 2.24) is 0 Å². The van der Waals surface area contributed by atoms with Gasteiger partial charge in [-0.2, -0.15) is 45.1 Å². The molecule has 0 aliphatic carbocycles. The molecule has 0 bridgehead atoms. The summed E-state index contributed by atoms with van der Waals surface area (Å²) < 4.78 is 0. The van der Waals surface area contributed by atoms with E-state index in [9.17, 15) is 0 Å². The molecule has 12 heteroatoms. The first kappa shape index (κ1) is 63.1. The Bertz CT molecular complexity index is 57.1. The molecule has 0 aromatic heterocycles. The average Bonchev–Trinajstić information content (AvgIpc) is 2.23. The SMILES string of the molecule is CS.CS.CSSC.CSSC.P.P.[H-].[H-].[H-].[H-].[K+].[K+].[K+].[K+]. The molecule has 0 spiro atoms. The van der Waals surface area contributed by atoms with Crippen molar-refractivity contribution in [3.63, 3.8) is 0 Å². The molecule has 0 saturated heterocycles. The molecule has 0 amide bonds. The Kier molecular flexibility index (Phi) is 331. The molecule has 0 aromatic rings. The minimum Gasteiger partial charge on any atom is -1.00 e. The molecule has 0 heterocycles. The summed E-state index contributed by atoms with van der Waals surface area (Å²) in [5, 5.41) is 0. The van der Waals surface area contributed by atoms with Crippen LogP contribution in [0.3, 0.4) is 0 Å². The van der Waals surface area contributed by atoms with Crippen LogP contribution in [0, 0.1) is 0 Å². The number of hydrogen-bond acceptors (Lipinski definition) is 6. The quantitative estimate of drug-likeness (QED) is 0.163. The van der Waals surface area contributed by atoms with Crippen molar-refractivity contribution in [2.45, 2.75) is 0 Å². The van der Waals surface area contributed by atoms with Crippen molar-refractivity contribution in [1.29, 1.82) is 0 Å². The summed E-state index contributed by atoms with van der Waals surface area (Å²) in [5.41, 5.74) is 0. The molecule has 2 unspecified atom stereocenters. The number of rotatable bonds is 2. The van der Waals surface area contributed by atoms with E-state index < -0.39 is 0 Å². The normalized spacial score (nSPS) is 4.00. The van der Waals surface area contributed by atoms with Crippen LogP contribution in [-0.4, -0.2) is 37.5 Å². The van der Waals surface area contributed by atoms with E-state index in [2.05, 4.69) is 50.3 Å². The predicted molar refractivity (Wildman–Crippen MR) is 111 cm³/mol. The van der Waals surface area contributed by atoms with Gasteiger partial charge in [0.25, 0.3) is 0 Å². The van der Waals surface area contributed by atoms with Crippen LogP contribution in [0.1, 0.15) is 5.71 Å². The van der Waals surface area contributed by atoms with Crippen LogP contribution in [0.2, 0.25) is 0 Å². The van der Waals surface area contributed by atoms with Crippen LogP contribution in [0.25, 0.3) is 0 Å². The Morgan fingerprint density at radius 2 is 0.556 bits per heavy atom. The summed E-state index contributed by atoms with van der Waals surface area (Å²) in [4.78, 5) is 0. The Morgan fingerprint density at radius 3 is 0.556 bits per heavy atom. The number of thiol groups is 2. The summed E-state index contributed by atoms with van der Waals surface area (Å²) in [7, 11) is 7.09. The fourth-order valence-electron chi connectivity index (χ4n) is 0. The van der Waals surface area contributed by atoms with Crippen molar-refractivity contribution < 1.29 is 211 Å². The Labute approximate surface area is 326 Å². The van der Waals surface area contributed by atoms with Gasteiger partial charge in [0.1, 0.15) is 0 Å². The summed E-state index contributed by atoms with van der Waals surface area (Å²) in [6.45, 7) is 0. The van der Waals surface area contributed by atoms with E-state index in [4.69, 9.17) is 0 Å². The maximum atomic E-state index is 3.53.